The molecule has 0 saturated carbocycles. The summed E-state index contributed by atoms with van der Waals surface area (Å²) in [6.07, 6.45) is 5.63. The molecular formula is C11H20N4. The van der Waals surface area contributed by atoms with Crippen LogP contribution in [-0.4, -0.2) is 29.9 Å². The van der Waals surface area contributed by atoms with Crippen molar-refractivity contribution in [1.82, 2.24) is 4.90 Å². The molecule has 0 aliphatic carbocycles. The van der Waals surface area contributed by atoms with Gasteiger partial charge in [0.25, 0.3) is 0 Å². The zero-order valence-electron chi connectivity index (χ0n) is 9.32. The van der Waals surface area contributed by atoms with Gasteiger partial charge in [0.1, 0.15) is 5.82 Å². The van der Waals surface area contributed by atoms with E-state index in [9.17, 15) is 0 Å². The Morgan fingerprint density at radius 2 is 2.07 bits per heavy atom. The Labute approximate surface area is 91.3 Å². The van der Waals surface area contributed by atoms with Crippen LogP contribution in [0.4, 0.5) is 0 Å². The summed E-state index contributed by atoms with van der Waals surface area (Å²) in [5.74, 6) is 1.45. The molecule has 0 radical (unpaired) electrons. The Hall–Kier alpha value is -1.29. The first-order valence-electron chi connectivity index (χ1n) is 5.27. The minimum atomic E-state index is 0.328. The van der Waals surface area contributed by atoms with Gasteiger partial charge in [0.05, 0.1) is 5.84 Å². The summed E-state index contributed by atoms with van der Waals surface area (Å²) in [4.78, 5) is 6.48. The number of allylic oxidation sites excluding steroid dienone is 2. The smallest absolute Gasteiger partial charge is 0.130 e. The van der Waals surface area contributed by atoms with Crippen LogP contribution >= 0.6 is 0 Å². The van der Waals surface area contributed by atoms with Crippen molar-refractivity contribution >= 4 is 5.84 Å². The first kappa shape index (κ1) is 11.8. The first-order valence-corrected chi connectivity index (χ1v) is 5.27. The number of nitrogens with zero attached hydrogens (tertiary/aromatic N) is 2. The number of piperidine rings is 1. The van der Waals surface area contributed by atoms with Crippen LogP contribution in [0.5, 0.6) is 0 Å². The average Bonchev–Trinajstić information content (AvgIpc) is 2.17. The van der Waals surface area contributed by atoms with Crippen LogP contribution < -0.4 is 11.5 Å². The van der Waals surface area contributed by atoms with Crippen molar-refractivity contribution in [2.75, 3.05) is 13.1 Å². The van der Waals surface area contributed by atoms with Gasteiger partial charge in [0.15, 0.2) is 0 Å². The van der Waals surface area contributed by atoms with E-state index in [1.807, 2.05) is 6.08 Å². The van der Waals surface area contributed by atoms with Gasteiger partial charge in [0, 0.05) is 19.1 Å². The number of hydrogen-bond donors (Lipinski definition) is 2. The highest BCUT2D eigenvalue weighted by Crippen LogP contribution is 2.15. The van der Waals surface area contributed by atoms with Gasteiger partial charge < -0.3 is 16.4 Å². The second-order valence-corrected chi connectivity index (χ2v) is 3.84. The molecule has 4 nitrogen and oxygen atoms in total. The van der Waals surface area contributed by atoms with Crippen molar-refractivity contribution in [2.24, 2.45) is 16.5 Å². The highest BCUT2D eigenvalue weighted by Gasteiger charge is 2.17. The third kappa shape index (κ3) is 3.75. The standard InChI is InChI=1S/C11H20N4/c1-3-4-11(14-9(2)12)15-7-5-10(13)6-8-15/h3-4,10H,1,5-8,13H2,2H3,(H2,12,14)/b11-4+. The summed E-state index contributed by atoms with van der Waals surface area (Å²) in [6, 6.07) is 0.328. The summed E-state index contributed by atoms with van der Waals surface area (Å²) < 4.78 is 0. The average molecular weight is 208 g/mol. The van der Waals surface area contributed by atoms with Crippen LogP contribution in [0.25, 0.3) is 0 Å². The molecule has 0 bridgehead atoms. The molecule has 4 heteroatoms. The van der Waals surface area contributed by atoms with Gasteiger partial charge in [-0.15, -0.1) is 0 Å². The largest absolute Gasteiger partial charge is 0.387 e. The lowest BCUT2D eigenvalue weighted by molar-refractivity contribution is 0.262. The first-order chi connectivity index (χ1) is 7.13. The fourth-order valence-electron chi connectivity index (χ4n) is 1.63. The molecule has 0 aromatic carbocycles. The molecule has 4 N–H and O–H groups in total. The van der Waals surface area contributed by atoms with E-state index in [1.54, 1.807) is 13.0 Å². The zero-order chi connectivity index (χ0) is 11.3. The van der Waals surface area contributed by atoms with E-state index in [4.69, 9.17) is 11.5 Å². The van der Waals surface area contributed by atoms with E-state index in [0.717, 1.165) is 31.8 Å². The van der Waals surface area contributed by atoms with Crippen molar-refractivity contribution in [3.63, 3.8) is 0 Å². The fraction of sp³-hybridized carbons (Fsp3) is 0.545. The van der Waals surface area contributed by atoms with Gasteiger partial charge in [0.2, 0.25) is 0 Å². The van der Waals surface area contributed by atoms with Crippen molar-refractivity contribution in [3.8, 4) is 0 Å². The van der Waals surface area contributed by atoms with Crippen LogP contribution in [0.2, 0.25) is 0 Å². The minimum absolute atomic E-state index is 0.328. The molecule has 0 unspecified atom stereocenters. The van der Waals surface area contributed by atoms with E-state index in [2.05, 4.69) is 16.5 Å². The monoisotopic (exact) mass is 208 g/mol. The van der Waals surface area contributed by atoms with Crippen LogP contribution in [-0.2, 0) is 0 Å². The molecule has 0 atom stereocenters. The highest BCUT2D eigenvalue weighted by atomic mass is 15.2. The highest BCUT2D eigenvalue weighted by molar-refractivity contribution is 5.78. The lowest BCUT2D eigenvalue weighted by atomic mass is 10.1. The molecule has 0 spiro atoms. The Balaban J connectivity index is 2.69. The van der Waals surface area contributed by atoms with Crippen LogP contribution in [0.15, 0.2) is 29.5 Å². The maximum atomic E-state index is 5.85. The van der Waals surface area contributed by atoms with Gasteiger partial charge in [-0.2, -0.15) is 0 Å². The third-order valence-corrected chi connectivity index (χ3v) is 2.42. The Kier molecular flexibility index (Phi) is 4.37. The van der Waals surface area contributed by atoms with Crippen LogP contribution in [0, 0.1) is 0 Å². The molecule has 1 fully saturated rings. The number of hydrogen-bond acceptors (Lipinski definition) is 3. The number of aliphatic imine (C=N–C) groups is 1. The lowest BCUT2D eigenvalue weighted by Crippen LogP contribution is -2.39. The molecule has 0 amide bonds. The number of rotatable bonds is 3. The lowest BCUT2D eigenvalue weighted by Gasteiger charge is -2.31. The van der Waals surface area contributed by atoms with Crippen molar-refractivity contribution in [1.29, 1.82) is 0 Å². The van der Waals surface area contributed by atoms with Gasteiger partial charge in [-0.05, 0) is 25.8 Å². The molecule has 1 aliphatic rings. The Bertz CT molecular complexity index is 268. The maximum Gasteiger partial charge on any atom is 0.130 e. The normalized spacial score (nSPS) is 20.5. The van der Waals surface area contributed by atoms with Crippen molar-refractivity contribution in [2.45, 2.75) is 25.8 Å². The summed E-state index contributed by atoms with van der Waals surface area (Å²) in [5.41, 5.74) is 11.4. The van der Waals surface area contributed by atoms with Crippen molar-refractivity contribution < 1.29 is 0 Å². The Morgan fingerprint density at radius 1 is 1.47 bits per heavy atom. The summed E-state index contributed by atoms with van der Waals surface area (Å²) >= 11 is 0. The third-order valence-electron chi connectivity index (χ3n) is 2.42. The van der Waals surface area contributed by atoms with Gasteiger partial charge in [-0.1, -0.05) is 12.7 Å². The van der Waals surface area contributed by atoms with E-state index < -0.39 is 0 Å². The van der Waals surface area contributed by atoms with E-state index >= 15 is 0 Å². The van der Waals surface area contributed by atoms with E-state index in [0.29, 0.717) is 11.9 Å². The topological polar surface area (TPSA) is 67.6 Å². The predicted octanol–water partition coefficient (Wildman–Crippen LogP) is 0.814. The van der Waals surface area contributed by atoms with Gasteiger partial charge >= 0.3 is 0 Å². The van der Waals surface area contributed by atoms with Gasteiger partial charge in [-0.25, -0.2) is 4.99 Å². The quantitative estimate of drug-likeness (QED) is 0.410. The van der Waals surface area contributed by atoms with E-state index in [-0.39, 0.29) is 0 Å². The van der Waals surface area contributed by atoms with E-state index in [1.165, 1.54) is 0 Å². The molecule has 0 aromatic heterocycles. The SMILES string of the molecule is C=C/C=C(\N=C(\C)N)N1CCC(N)CC1. The number of likely N-dealkylation sites (tertiary alicyclic amines) is 1. The molecule has 0 aromatic rings. The molecule has 1 aliphatic heterocycles. The molecule has 1 saturated heterocycles. The van der Waals surface area contributed by atoms with Crippen molar-refractivity contribution in [3.05, 3.63) is 24.6 Å². The van der Waals surface area contributed by atoms with Gasteiger partial charge in [-0.3, -0.25) is 0 Å². The molecule has 1 rings (SSSR count). The summed E-state index contributed by atoms with van der Waals surface area (Å²) in [6.45, 7) is 7.35. The minimum Gasteiger partial charge on any atom is -0.387 e. The van der Waals surface area contributed by atoms with Crippen LogP contribution in [0.3, 0.4) is 0 Å². The Morgan fingerprint density at radius 3 is 2.53 bits per heavy atom. The second kappa shape index (κ2) is 5.56. The number of nitrogens with two attached hydrogens (primary N) is 2. The van der Waals surface area contributed by atoms with Crippen LogP contribution in [0.1, 0.15) is 19.8 Å². The zero-order valence-corrected chi connectivity index (χ0v) is 9.32. The summed E-state index contributed by atoms with van der Waals surface area (Å²) in [5, 5.41) is 0. The molecule has 84 valence electrons. The molecule has 15 heavy (non-hydrogen) atoms. The molecule has 1 heterocycles. The second-order valence-electron chi connectivity index (χ2n) is 3.84. The summed E-state index contributed by atoms with van der Waals surface area (Å²) in [7, 11) is 0. The predicted molar refractivity (Wildman–Crippen MR) is 64.4 cm³/mol. The maximum absolute atomic E-state index is 5.85. The molecular weight excluding hydrogens is 188 g/mol. The fourth-order valence-corrected chi connectivity index (χ4v) is 1.63. The number of amidine groups is 1.